The molecule has 2 rings (SSSR count). The minimum atomic E-state index is 0.111. The van der Waals surface area contributed by atoms with Gasteiger partial charge < -0.3 is 5.11 Å². The van der Waals surface area contributed by atoms with Crippen molar-refractivity contribution in [2.75, 3.05) is 0 Å². The van der Waals surface area contributed by atoms with Crippen LogP contribution in [0.2, 0.25) is 0 Å². The first kappa shape index (κ1) is 32.2. The Morgan fingerprint density at radius 2 is 1.27 bits per heavy atom. The Hall–Kier alpha value is -0.980. The average Bonchev–Trinajstić information content (AvgIpc) is 2.83. The summed E-state index contributed by atoms with van der Waals surface area (Å²) in [6.45, 7) is 16.5. The summed E-state index contributed by atoms with van der Waals surface area (Å²) in [4.78, 5) is 0. The second-order valence-electron chi connectivity index (χ2n) is 14.5. The van der Waals surface area contributed by atoms with Gasteiger partial charge in [-0.25, -0.2) is 0 Å². The lowest BCUT2D eigenvalue weighted by Gasteiger charge is -2.35. The van der Waals surface area contributed by atoms with E-state index in [1.54, 1.807) is 0 Å². The van der Waals surface area contributed by atoms with Crippen LogP contribution in [0.3, 0.4) is 0 Å². The molecule has 1 N–H and O–H groups in total. The molecule has 1 aromatic carbocycles. The van der Waals surface area contributed by atoms with E-state index in [2.05, 4.69) is 60.6 Å². The molecule has 1 heteroatoms. The van der Waals surface area contributed by atoms with Gasteiger partial charge in [0, 0.05) is 0 Å². The van der Waals surface area contributed by atoms with Crippen LogP contribution >= 0.6 is 0 Å². The van der Waals surface area contributed by atoms with Gasteiger partial charge in [0.1, 0.15) is 5.75 Å². The molecule has 1 unspecified atom stereocenters. The molecular weight excluding hydrogens is 448 g/mol. The largest absolute Gasteiger partial charge is 0.507 e. The summed E-state index contributed by atoms with van der Waals surface area (Å²) in [7, 11) is 0. The summed E-state index contributed by atoms with van der Waals surface area (Å²) >= 11 is 0. The van der Waals surface area contributed by atoms with Gasteiger partial charge in [0.25, 0.3) is 0 Å². The Labute approximate surface area is 232 Å². The van der Waals surface area contributed by atoms with Crippen molar-refractivity contribution < 1.29 is 5.11 Å². The number of rotatable bonds is 17. The van der Waals surface area contributed by atoms with Crippen molar-refractivity contribution in [3.05, 3.63) is 28.8 Å². The number of hydrogen-bond acceptors (Lipinski definition) is 1. The van der Waals surface area contributed by atoms with Crippen LogP contribution in [0.1, 0.15) is 199 Å². The highest BCUT2D eigenvalue weighted by Gasteiger charge is 2.31. The molecule has 0 spiro atoms. The van der Waals surface area contributed by atoms with Gasteiger partial charge in [0.2, 0.25) is 0 Å². The summed E-state index contributed by atoms with van der Waals surface area (Å²) in [6.07, 6.45) is 25.6. The molecular formula is C36H64O. The van der Waals surface area contributed by atoms with Gasteiger partial charge >= 0.3 is 0 Å². The zero-order chi connectivity index (χ0) is 27.3. The molecule has 1 saturated carbocycles. The van der Waals surface area contributed by atoms with Crippen molar-refractivity contribution in [1.82, 2.24) is 0 Å². The number of unbranched alkanes of at least 4 members (excludes halogenated alkanes) is 11. The third-order valence-corrected chi connectivity index (χ3v) is 8.99. The van der Waals surface area contributed by atoms with Gasteiger partial charge in [-0.15, -0.1) is 0 Å². The van der Waals surface area contributed by atoms with E-state index in [1.807, 2.05) is 0 Å². The van der Waals surface area contributed by atoms with Gasteiger partial charge in [-0.05, 0) is 65.0 Å². The molecule has 1 aliphatic rings. The summed E-state index contributed by atoms with van der Waals surface area (Å²) in [5, 5.41) is 11.5. The van der Waals surface area contributed by atoms with E-state index in [9.17, 15) is 5.11 Å². The number of phenols is 1. The topological polar surface area (TPSA) is 20.2 Å². The normalized spacial score (nSPS) is 16.3. The summed E-state index contributed by atoms with van der Waals surface area (Å²) < 4.78 is 0. The Bertz CT molecular complexity index is 747. The van der Waals surface area contributed by atoms with E-state index >= 15 is 0 Å². The first-order chi connectivity index (χ1) is 17.5. The van der Waals surface area contributed by atoms with E-state index in [-0.39, 0.29) is 10.8 Å². The third-order valence-electron chi connectivity index (χ3n) is 8.99. The first-order valence-electron chi connectivity index (χ1n) is 16.4. The minimum Gasteiger partial charge on any atom is -0.507 e. The Morgan fingerprint density at radius 1 is 0.757 bits per heavy atom. The van der Waals surface area contributed by atoms with Crippen molar-refractivity contribution in [3.8, 4) is 5.75 Å². The Kier molecular flexibility index (Phi) is 14.1. The fraction of sp³-hybridized carbons (Fsp3) is 0.833. The van der Waals surface area contributed by atoms with Crippen molar-refractivity contribution >= 4 is 0 Å². The molecule has 1 aliphatic carbocycles. The summed E-state index contributed by atoms with van der Waals surface area (Å²) in [5.74, 6) is 1.60. The van der Waals surface area contributed by atoms with E-state index < -0.39 is 0 Å². The summed E-state index contributed by atoms with van der Waals surface area (Å²) in [6, 6.07) is 4.79. The molecule has 1 nitrogen and oxygen atoms in total. The lowest BCUT2D eigenvalue weighted by molar-refractivity contribution is 0.283. The van der Waals surface area contributed by atoms with Crippen LogP contribution in [0, 0.1) is 5.41 Å². The van der Waals surface area contributed by atoms with Crippen LogP contribution < -0.4 is 0 Å². The quantitative estimate of drug-likeness (QED) is 0.206. The van der Waals surface area contributed by atoms with Crippen LogP contribution in [0.15, 0.2) is 12.1 Å². The Morgan fingerprint density at radius 3 is 1.78 bits per heavy atom. The molecule has 0 aliphatic heterocycles. The highest BCUT2D eigenvalue weighted by atomic mass is 16.3. The monoisotopic (exact) mass is 512 g/mol. The zero-order valence-corrected chi connectivity index (χ0v) is 26.2. The predicted molar refractivity (Wildman–Crippen MR) is 165 cm³/mol. The fourth-order valence-electron chi connectivity index (χ4n) is 7.05. The molecule has 37 heavy (non-hydrogen) atoms. The number of aromatic hydroxyl groups is 1. The standard InChI is InChI=1S/C36H64O/c1-8-9-10-11-12-13-14-15-16-17-18-20-23-29(2)32-26-31(36(6,7)28-35(3,4)5)27-33(34(32)37)30-24-21-19-22-25-30/h26-27,29-30,37H,8-25,28H2,1-7H3. The number of phenolic OH excluding ortho intramolecular Hbond substituents is 1. The van der Waals surface area contributed by atoms with Crippen LogP contribution in [-0.4, -0.2) is 5.11 Å². The van der Waals surface area contributed by atoms with E-state index in [1.165, 1.54) is 132 Å². The van der Waals surface area contributed by atoms with Crippen molar-refractivity contribution in [1.29, 1.82) is 0 Å². The van der Waals surface area contributed by atoms with Gasteiger partial charge in [-0.3, -0.25) is 0 Å². The highest BCUT2D eigenvalue weighted by molar-refractivity contribution is 5.49. The fourth-order valence-corrected chi connectivity index (χ4v) is 7.05. The van der Waals surface area contributed by atoms with Crippen LogP contribution in [0.4, 0.5) is 0 Å². The van der Waals surface area contributed by atoms with Crippen molar-refractivity contribution in [2.24, 2.45) is 5.41 Å². The highest BCUT2D eigenvalue weighted by Crippen LogP contribution is 2.45. The van der Waals surface area contributed by atoms with Gasteiger partial charge in [-0.2, -0.15) is 0 Å². The second kappa shape index (κ2) is 16.2. The molecule has 0 bridgehead atoms. The number of benzene rings is 1. The van der Waals surface area contributed by atoms with E-state index in [0.29, 0.717) is 17.6 Å². The lowest BCUT2D eigenvalue weighted by atomic mass is 9.70. The van der Waals surface area contributed by atoms with Crippen LogP contribution in [0.5, 0.6) is 5.75 Å². The molecule has 214 valence electrons. The van der Waals surface area contributed by atoms with Crippen LogP contribution in [-0.2, 0) is 5.41 Å². The van der Waals surface area contributed by atoms with Gasteiger partial charge in [-0.1, -0.05) is 157 Å². The molecule has 0 aromatic heterocycles. The molecule has 0 radical (unpaired) electrons. The Balaban J connectivity index is 1.94. The summed E-state index contributed by atoms with van der Waals surface area (Å²) in [5.41, 5.74) is 4.32. The second-order valence-corrected chi connectivity index (χ2v) is 14.5. The molecule has 1 aromatic rings. The van der Waals surface area contributed by atoms with Gasteiger partial charge in [0.05, 0.1) is 0 Å². The molecule has 1 fully saturated rings. The molecule has 1 atom stereocenters. The van der Waals surface area contributed by atoms with E-state index in [4.69, 9.17) is 0 Å². The molecule has 0 saturated heterocycles. The number of hydrogen-bond donors (Lipinski definition) is 1. The average molecular weight is 513 g/mol. The third kappa shape index (κ3) is 11.7. The maximum absolute atomic E-state index is 11.5. The zero-order valence-electron chi connectivity index (χ0n) is 26.2. The smallest absolute Gasteiger partial charge is 0.122 e. The van der Waals surface area contributed by atoms with E-state index in [0.717, 1.165) is 6.42 Å². The minimum absolute atomic E-state index is 0.111. The van der Waals surface area contributed by atoms with Crippen molar-refractivity contribution in [2.45, 2.75) is 188 Å². The van der Waals surface area contributed by atoms with Crippen molar-refractivity contribution in [3.63, 3.8) is 0 Å². The maximum Gasteiger partial charge on any atom is 0.122 e. The molecule has 0 heterocycles. The lowest BCUT2D eigenvalue weighted by Crippen LogP contribution is -2.25. The van der Waals surface area contributed by atoms with Crippen LogP contribution in [0.25, 0.3) is 0 Å². The predicted octanol–water partition coefficient (Wildman–Crippen LogP) is 12.3. The SMILES string of the molecule is CCCCCCCCCCCCCCC(C)c1cc(C(C)(C)CC(C)(C)C)cc(C2CCCCC2)c1O. The van der Waals surface area contributed by atoms with Gasteiger partial charge in [0.15, 0.2) is 0 Å². The first-order valence-corrected chi connectivity index (χ1v) is 16.4. The molecule has 0 amide bonds. The maximum atomic E-state index is 11.5.